The number of amides is 1. The number of hydrogen-bond donors (Lipinski definition) is 1. The molecule has 1 aromatic rings. The molecule has 26 heavy (non-hydrogen) atoms. The molecule has 2 rings (SSSR count). The van der Waals surface area contributed by atoms with Gasteiger partial charge < -0.3 is 10.2 Å². The first-order valence-corrected chi connectivity index (χ1v) is 9.72. The molecule has 1 fully saturated rings. The Morgan fingerprint density at radius 2 is 1.85 bits per heavy atom. The molecule has 144 valence electrons. The summed E-state index contributed by atoms with van der Waals surface area (Å²) >= 11 is 5.90. The summed E-state index contributed by atoms with van der Waals surface area (Å²) in [5, 5.41) is 3.52. The molecule has 6 heteroatoms. The molecule has 0 bridgehead atoms. The molecule has 1 amide bonds. The highest BCUT2D eigenvalue weighted by atomic mass is 35.5. The fourth-order valence-corrected chi connectivity index (χ4v) is 3.41. The number of nitrogens with zero attached hydrogens (tertiary/aromatic N) is 2. The molecule has 1 saturated heterocycles. The van der Waals surface area contributed by atoms with E-state index in [4.69, 9.17) is 11.6 Å². The van der Waals surface area contributed by atoms with Gasteiger partial charge in [0, 0.05) is 61.7 Å². The summed E-state index contributed by atoms with van der Waals surface area (Å²) in [5.74, 6) is -0.141. The van der Waals surface area contributed by atoms with Crippen LogP contribution in [0.1, 0.15) is 44.0 Å². The van der Waals surface area contributed by atoms with Gasteiger partial charge in [-0.05, 0) is 32.5 Å². The maximum Gasteiger partial charge on any atom is 0.220 e. The number of ketones is 1. The molecule has 5 nitrogen and oxygen atoms in total. The molecule has 0 radical (unpaired) electrons. The highest BCUT2D eigenvalue weighted by Gasteiger charge is 2.29. The van der Waals surface area contributed by atoms with E-state index in [2.05, 4.69) is 35.9 Å². The number of carbonyl (C=O) groups is 2. The van der Waals surface area contributed by atoms with Crippen molar-refractivity contribution in [3.05, 3.63) is 34.9 Å². The summed E-state index contributed by atoms with van der Waals surface area (Å²) in [7, 11) is 0. The van der Waals surface area contributed by atoms with Crippen molar-refractivity contribution in [3.8, 4) is 0 Å². The second kappa shape index (κ2) is 9.49. The summed E-state index contributed by atoms with van der Waals surface area (Å²) in [4.78, 5) is 29.2. The van der Waals surface area contributed by atoms with E-state index >= 15 is 0 Å². The van der Waals surface area contributed by atoms with Gasteiger partial charge in [-0.15, -0.1) is 0 Å². The van der Waals surface area contributed by atoms with Crippen molar-refractivity contribution in [1.29, 1.82) is 0 Å². The highest BCUT2D eigenvalue weighted by molar-refractivity contribution is 6.31. The van der Waals surface area contributed by atoms with Crippen molar-refractivity contribution in [3.63, 3.8) is 0 Å². The van der Waals surface area contributed by atoms with Crippen molar-refractivity contribution >= 4 is 23.3 Å². The molecule has 0 saturated carbocycles. The molecule has 0 aromatic heterocycles. The fraction of sp³-hybridized carbons (Fsp3) is 0.600. The number of benzene rings is 1. The Labute approximate surface area is 161 Å². The van der Waals surface area contributed by atoms with Gasteiger partial charge in [0.25, 0.3) is 0 Å². The average Bonchev–Trinajstić information content (AvgIpc) is 2.64. The van der Waals surface area contributed by atoms with E-state index in [0.29, 0.717) is 17.1 Å². The quantitative estimate of drug-likeness (QED) is 0.706. The zero-order chi connectivity index (χ0) is 19.2. The third-order valence-corrected chi connectivity index (χ3v) is 5.35. The third-order valence-electron chi connectivity index (χ3n) is 5.12. The van der Waals surface area contributed by atoms with E-state index in [-0.39, 0.29) is 30.1 Å². The van der Waals surface area contributed by atoms with Crippen LogP contribution >= 0.6 is 11.6 Å². The van der Waals surface area contributed by atoms with E-state index < -0.39 is 0 Å². The molecule has 0 atom stereocenters. The Bertz CT molecular complexity index is 625. The number of halogens is 1. The Morgan fingerprint density at radius 3 is 2.46 bits per heavy atom. The SMILES string of the molecule is CCN1CCN(C(C)(C)CNC(=O)CCC(=O)c2cccc(Cl)c2)CC1. The van der Waals surface area contributed by atoms with Crippen LogP contribution in [0.3, 0.4) is 0 Å². The zero-order valence-corrected chi connectivity index (χ0v) is 16.8. The molecule has 1 aromatic carbocycles. The van der Waals surface area contributed by atoms with Gasteiger partial charge in [0.2, 0.25) is 5.91 Å². The van der Waals surface area contributed by atoms with Crippen LogP contribution in [-0.2, 0) is 4.79 Å². The summed E-state index contributed by atoms with van der Waals surface area (Å²) < 4.78 is 0. The van der Waals surface area contributed by atoms with Gasteiger partial charge in [0.05, 0.1) is 0 Å². The highest BCUT2D eigenvalue weighted by Crippen LogP contribution is 2.17. The van der Waals surface area contributed by atoms with Gasteiger partial charge in [0.15, 0.2) is 5.78 Å². The molecular formula is C20H30ClN3O2. The lowest BCUT2D eigenvalue weighted by molar-refractivity contribution is -0.121. The number of likely N-dealkylation sites (N-methyl/N-ethyl adjacent to an activating group) is 1. The molecule has 1 aliphatic rings. The molecule has 1 aliphatic heterocycles. The summed E-state index contributed by atoms with van der Waals surface area (Å²) in [5.41, 5.74) is 0.464. The van der Waals surface area contributed by atoms with E-state index in [1.54, 1.807) is 24.3 Å². The number of rotatable bonds is 8. The molecule has 1 N–H and O–H groups in total. The number of carbonyl (C=O) groups excluding carboxylic acids is 2. The van der Waals surface area contributed by atoms with Crippen LogP contribution in [0.2, 0.25) is 5.02 Å². The van der Waals surface area contributed by atoms with Crippen LogP contribution in [0, 0.1) is 0 Å². The van der Waals surface area contributed by atoms with Crippen LogP contribution in [0.25, 0.3) is 0 Å². The first-order valence-electron chi connectivity index (χ1n) is 9.34. The molecule has 0 unspecified atom stereocenters. The second-order valence-corrected chi connectivity index (χ2v) is 7.88. The Morgan fingerprint density at radius 1 is 1.15 bits per heavy atom. The van der Waals surface area contributed by atoms with E-state index in [1.165, 1.54) is 0 Å². The van der Waals surface area contributed by atoms with E-state index in [1.807, 2.05) is 0 Å². The van der Waals surface area contributed by atoms with Crippen LogP contribution in [-0.4, -0.2) is 66.3 Å². The number of hydrogen-bond acceptors (Lipinski definition) is 4. The second-order valence-electron chi connectivity index (χ2n) is 7.44. The Kier molecular flexibility index (Phi) is 7.62. The zero-order valence-electron chi connectivity index (χ0n) is 16.1. The average molecular weight is 380 g/mol. The lowest BCUT2D eigenvalue weighted by Gasteiger charge is -2.44. The minimum atomic E-state index is -0.0908. The smallest absolute Gasteiger partial charge is 0.220 e. The first kappa shape index (κ1) is 20.9. The minimum Gasteiger partial charge on any atom is -0.354 e. The van der Waals surface area contributed by atoms with Crippen LogP contribution in [0.4, 0.5) is 0 Å². The Balaban J connectivity index is 1.74. The number of Topliss-reactive ketones (excluding diaryl/α,β-unsaturated/α-hetero) is 1. The Hall–Kier alpha value is -1.43. The van der Waals surface area contributed by atoms with E-state index in [0.717, 1.165) is 32.7 Å². The maximum absolute atomic E-state index is 12.2. The van der Waals surface area contributed by atoms with Crippen molar-refractivity contribution in [1.82, 2.24) is 15.1 Å². The first-order chi connectivity index (χ1) is 12.3. The van der Waals surface area contributed by atoms with Crippen LogP contribution in [0.15, 0.2) is 24.3 Å². The predicted molar refractivity (Wildman–Crippen MR) is 106 cm³/mol. The fourth-order valence-electron chi connectivity index (χ4n) is 3.22. The lowest BCUT2D eigenvalue weighted by Crippen LogP contribution is -2.58. The summed E-state index contributed by atoms with van der Waals surface area (Å²) in [6.07, 6.45) is 0.396. The van der Waals surface area contributed by atoms with Crippen LogP contribution < -0.4 is 5.32 Å². The van der Waals surface area contributed by atoms with Crippen molar-refractivity contribution in [2.75, 3.05) is 39.3 Å². The molecule has 0 aliphatic carbocycles. The summed E-state index contributed by atoms with van der Waals surface area (Å²) in [6, 6.07) is 6.84. The van der Waals surface area contributed by atoms with Crippen molar-refractivity contribution < 1.29 is 9.59 Å². The van der Waals surface area contributed by atoms with Gasteiger partial charge in [-0.1, -0.05) is 30.7 Å². The minimum absolute atomic E-state index is 0.0578. The van der Waals surface area contributed by atoms with Gasteiger partial charge >= 0.3 is 0 Å². The largest absolute Gasteiger partial charge is 0.354 e. The van der Waals surface area contributed by atoms with Crippen LogP contribution in [0.5, 0.6) is 0 Å². The standard InChI is InChI=1S/C20H30ClN3O2/c1-4-23-10-12-24(13-11-23)20(2,3)15-22-19(26)9-8-18(25)16-6-5-7-17(21)14-16/h5-7,14H,4,8-13,15H2,1-3H3,(H,22,26). The topological polar surface area (TPSA) is 52.6 Å². The lowest BCUT2D eigenvalue weighted by atomic mass is 10.0. The van der Waals surface area contributed by atoms with Gasteiger partial charge in [-0.3, -0.25) is 14.5 Å². The van der Waals surface area contributed by atoms with Gasteiger partial charge in [-0.2, -0.15) is 0 Å². The predicted octanol–water partition coefficient (Wildman–Crippen LogP) is 2.84. The molecular weight excluding hydrogens is 350 g/mol. The van der Waals surface area contributed by atoms with Crippen molar-refractivity contribution in [2.45, 2.75) is 39.2 Å². The maximum atomic E-state index is 12.2. The molecule has 0 spiro atoms. The monoisotopic (exact) mass is 379 g/mol. The van der Waals surface area contributed by atoms with Gasteiger partial charge in [0.1, 0.15) is 0 Å². The van der Waals surface area contributed by atoms with Crippen molar-refractivity contribution in [2.24, 2.45) is 0 Å². The van der Waals surface area contributed by atoms with E-state index in [9.17, 15) is 9.59 Å². The number of nitrogens with one attached hydrogen (secondary N) is 1. The molecule has 1 heterocycles. The summed E-state index contributed by atoms with van der Waals surface area (Å²) in [6.45, 7) is 12.4. The normalized spacial score (nSPS) is 16.5. The number of piperazine rings is 1. The van der Waals surface area contributed by atoms with Gasteiger partial charge in [-0.25, -0.2) is 0 Å². The third kappa shape index (κ3) is 6.08.